The Balaban J connectivity index is 2.25. The zero-order chi connectivity index (χ0) is 14.9. The van der Waals surface area contributed by atoms with Crippen LogP contribution in [-0.4, -0.2) is 53.2 Å². The van der Waals surface area contributed by atoms with Gasteiger partial charge < -0.3 is 10.0 Å². The average Bonchev–Trinajstić information content (AvgIpc) is 2.77. The summed E-state index contributed by atoms with van der Waals surface area (Å²) < 4.78 is 0. The van der Waals surface area contributed by atoms with Crippen LogP contribution in [0.4, 0.5) is 5.13 Å². The van der Waals surface area contributed by atoms with E-state index in [-0.39, 0.29) is 5.54 Å². The molecule has 0 spiro atoms. The SMILES string of the molecule is CCCc1nc(N2CCN(C)C(C)(C)C2)sc1C(=O)O. The van der Waals surface area contributed by atoms with Crippen molar-refractivity contribution in [1.82, 2.24) is 9.88 Å². The van der Waals surface area contributed by atoms with Crippen molar-refractivity contribution in [1.29, 1.82) is 0 Å². The van der Waals surface area contributed by atoms with Crippen LogP contribution in [0.1, 0.15) is 42.6 Å². The van der Waals surface area contributed by atoms with E-state index in [0.29, 0.717) is 4.88 Å². The summed E-state index contributed by atoms with van der Waals surface area (Å²) in [5.74, 6) is -0.856. The maximum Gasteiger partial charge on any atom is 0.347 e. The number of piperazine rings is 1. The molecule has 6 heteroatoms. The Kier molecular flexibility index (Phi) is 4.34. The second kappa shape index (κ2) is 5.69. The van der Waals surface area contributed by atoms with Crippen LogP contribution >= 0.6 is 11.3 Å². The van der Waals surface area contributed by atoms with Gasteiger partial charge in [0.05, 0.1) is 5.69 Å². The molecule has 1 aromatic heterocycles. The number of hydrogen-bond acceptors (Lipinski definition) is 5. The summed E-state index contributed by atoms with van der Waals surface area (Å²) >= 11 is 1.31. The molecule has 1 aliphatic heterocycles. The first kappa shape index (κ1) is 15.3. The van der Waals surface area contributed by atoms with Crippen LogP contribution < -0.4 is 4.90 Å². The van der Waals surface area contributed by atoms with Crippen LogP contribution in [0.3, 0.4) is 0 Å². The second-order valence-corrected chi connectivity index (χ2v) is 6.96. The van der Waals surface area contributed by atoms with E-state index in [0.717, 1.165) is 43.3 Å². The zero-order valence-electron chi connectivity index (χ0n) is 12.6. The molecule has 0 amide bonds. The fourth-order valence-corrected chi connectivity index (χ4v) is 3.43. The second-order valence-electron chi connectivity index (χ2n) is 5.98. The number of carboxylic acid groups (broad SMARTS) is 1. The zero-order valence-corrected chi connectivity index (χ0v) is 13.5. The lowest BCUT2D eigenvalue weighted by atomic mass is 10.0. The van der Waals surface area contributed by atoms with Crippen molar-refractivity contribution in [2.24, 2.45) is 0 Å². The number of aryl methyl sites for hydroxylation is 1. The summed E-state index contributed by atoms with van der Waals surface area (Å²) in [5.41, 5.74) is 0.815. The van der Waals surface area contributed by atoms with Gasteiger partial charge in [0.15, 0.2) is 5.13 Å². The van der Waals surface area contributed by atoms with E-state index in [2.05, 4.69) is 35.7 Å². The lowest BCUT2D eigenvalue weighted by molar-refractivity contribution is 0.0700. The van der Waals surface area contributed by atoms with Gasteiger partial charge >= 0.3 is 5.97 Å². The third-order valence-electron chi connectivity index (χ3n) is 3.95. The molecule has 0 bridgehead atoms. The number of hydrogen-bond donors (Lipinski definition) is 1. The van der Waals surface area contributed by atoms with Crippen molar-refractivity contribution in [2.75, 3.05) is 31.6 Å². The van der Waals surface area contributed by atoms with Crippen molar-refractivity contribution in [3.05, 3.63) is 10.6 Å². The summed E-state index contributed by atoms with van der Waals surface area (Å²) in [5, 5.41) is 10.1. The Morgan fingerprint density at radius 3 is 2.70 bits per heavy atom. The molecule has 1 N–H and O–H groups in total. The Morgan fingerprint density at radius 1 is 1.45 bits per heavy atom. The molecular weight excluding hydrogens is 274 g/mol. The molecule has 0 saturated carbocycles. The lowest BCUT2D eigenvalue weighted by Gasteiger charge is -2.45. The molecule has 0 atom stereocenters. The van der Waals surface area contributed by atoms with Gasteiger partial charge in [-0.1, -0.05) is 24.7 Å². The number of thiazole rings is 1. The van der Waals surface area contributed by atoms with Gasteiger partial charge in [-0.2, -0.15) is 0 Å². The Labute approximate surface area is 124 Å². The minimum atomic E-state index is -0.856. The molecule has 20 heavy (non-hydrogen) atoms. The Bertz CT molecular complexity index is 499. The molecular formula is C14H23N3O2S. The van der Waals surface area contributed by atoms with Crippen LogP contribution in [0.15, 0.2) is 0 Å². The average molecular weight is 297 g/mol. The van der Waals surface area contributed by atoms with E-state index >= 15 is 0 Å². The first-order chi connectivity index (χ1) is 9.35. The smallest absolute Gasteiger partial charge is 0.347 e. The van der Waals surface area contributed by atoms with Crippen molar-refractivity contribution in [3.63, 3.8) is 0 Å². The fraction of sp³-hybridized carbons (Fsp3) is 0.714. The maximum atomic E-state index is 11.3. The number of nitrogens with zero attached hydrogens (tertiary/aromatic N) is 3. The van der Waals surface area contributed by atoms with Crippen LogP contribution in [-0.2, 0) is 6.42 Å². The topological polar surface area (TPSA) is 56.7 Å². The number of aromatic carboxylic acids is 1. The van der Waals surface area contributed by atoms with Crippen molar-refractivity contribution < 1.29 is 9.90 Å². The number of carbonyl (C=O) groups is 1. The molecule has 2 heterocycles. The summed E-state index contributed by atoms with van der Waals surface area (Å²) in [6.45, 7) is 9.21. The molecule has 0 radical (unpaired) electrons. The molecule has 0 aliphatic carbocycles. The third-order valence-corrected chi connectivity index (χ3v) is 5.10. The van der Waals surface area contributed by atoms with Gasteiger partial charge in [-0.05, 0) is 27.3 Å². The number of anilines is 1. The highest BCUT2D eigenvalue weighted by atomic mass is 32.1. The first-order valence-electron chi connectivity index (χ1n) is 7.04. The van der Waals surface area contributed by atoms with E-state index < -0.39 is 5.97 Å². The summed E-state index contributed by atoms with van der Waals surface area (Å²) in [6.07, 6.45) is 1.65. The van der Waals surface area contributed by atoms with Gasteiger partial charge in [0.1, 0.15) is 4.88 Å². The van der Waals surface area contributed by atoms with E-state index in [4.69, 9.17) is 0 Å². The quantitative estimate of drug-likeness (QED) is 0.924. The first-order valence-corrected chi connectivity index (χ1v) is 7.86. The minimum absolute atomic E-state index is 0.0816. The molecule has 0 aromatic carbocycles. The lowest BCUT2D eigenvalue weighted by Crippen LogP contribution is -2.57. The van der Waals surface area contributed by atoms with Crippen LogP contribution in [0, 0.1) is 0 Å². The van der Waals surface area contributed by atoms with Gasteiger partial charge in [0.25, 0.3) is 0 Å². The molecule has 2 rings (SSSR count). The third kappa shape index (κ3) is 2.96. The highest BCUT2D eigenvalue weighted by molar-refractivity contribution is 7.17. The maximum absolute atomic E-state index is 11.3. The van der Waals surface area contributed by atoms with Crippen LogP contribution in [0.25, 0.3) is 0 Å². The highest BCUT2D eigenvalue weighted by Gasteiger charge is 2.33. The number of aromatic nitrogens is 1. The van der Waals surface area contributed by atoms with Crippen LogP contribution in [0.2, 0.25) is 0 Å². The van der Waals surface area contributed by atoms with Gasteiger partial charge in [-0.15, -0.1) is 0 Å². The van der Waals surface area contributed by atoms with Gasteiger partial charge in [0.2, 0.25) is 0 Å². The Morgan fingerprint density at radius 2 is 2.15 bits per heavy atom. The predicted molar refractivity (Wildman–Crippen MR) is 82.0 cm³/mol. The molecule has 1 aromatic rings. The number of carboxylic acids is 1. The standard InChI is InChI=1S/C14H23N3O2S/c1-5-6-10-11(12(18)19)20-13(15-10)17-8-7-16(4)14(2,3)9-17/h5-9H2,1-4H3,(H,18,19). The largest absolute Gasteiger partial charge is 0.477 e. The van der Waals surface area contributed by atoms with Crippen molar-refractivity contribution >= 4 is 22.4 Å². The van der Waals surface area contributed by atoms with E-state index in [1.807, 2.05) is 6.92 Å². The molecule has 1 saturated heterocycles. The number of likely N-dealkylation sites (N-methyl/N-ethyl adjacent to an activating group) is 1. The monoisotopic (exact) mass is 297 g/mol. The molecule has 0 unspecified atom stereocenters. The van der Waals surface area contributed by atoms with Gasteiger partial charge in [-0.3, -0.25) is 4.90 Å². The summed E-state index contributed by atoms with van der Waals surface area (Å²) in [6, 6.07) is 0. The molecule has 1 fully saturated rings. The molecule has 5 nitrogen and oxygen atoms in total. The summed E-state index contributed by atoms with van der Waals surface area (Å²) in [7, 11) is 2.13. The van der Waals surface area contributed by atoms with E-state index in [9.17, 15) is 9.90 Å². The fourth-order valence-electron chi connectivity index (χ4n) is 2.45. The van der Waals surface area contributed by atoms with Gasteiger partial charge in [0, 0.05) is 25.2 Å². The van der Waals surface area contributed by atoms with Crippen LogP contribution in [0.5, 0.6) is 0 Å². The van der Waals surface area contributed by atoms with E-state index in [1.165, 1.54) is 11.3 Å². The number of rotatable bonds is 4. The Hall–Kier alpha value is -1.14. The van der Waals surface area contributed by atoms with Crippen molar-refractivity contribution in [3.8, 4) is 0 Å². The highest BCUT2D eigenvalue weighted by Crippen LogP contribution is 2.31. The summed E-state index contributed by atoms with van der Waals surface area (Å²) in [4.78, 5) is 20.9. The molecule has 1 aliphatic rings. The predicted octanol–water partition coefficient (Wildman–Crippen LogP) is 2.32. The molecule has 112 valence electrons. The van der Waals surface area contributed by atoms with Crippen molar-refractivity contribution in [2.45, 2.75) is 39.2 Å². The van der Waals surface area contributed by atoms with E-state index in [1.54, 1.807) is 0 Å². The van der Waals surface area contributed by atoms with Gasteiger partial charge in [-0.25, -0.2) is 9.78 Å². The minimum Gasteiger partial charge on any atom is -0.477 e. The normalized spacial score (nSPS) is 19.3.